The summed E-state index contributed by atoms with van der Waals surface area (Å²) in [5.41, 5.74) is 8.17. The lowest BCUT2D eigenvalue weighted by Gasteiger charge is -2.10. The first kappa shape index (κ1) is 11.4. The number of rotatable bonds is 4. The highest BCUT2D eigenvalue weighted by atomic mass is 79.9. The molecule has 1 aromatic carbocycles. The van der Waals surface area contributed by atoms with Crippen molar-refractivity contribution in [1.82, 2.24) is 4.57 Å². The molecule has 3 heteroatoms. The molecule has 0 atom stereocenters. The van der Waals surface area contributed by atoms with E-state index < -0.39 is 0 Å². The molecule has 2 nitrogen and oxygen atoms in total. The smallest absolute Gasteiger partial charge is 0.0484 e. The van der Waals surface area contributed by atoms with E-state index in [9.17, 15) is 0 Å². The van der Waals surface area contributed by atoms with Gasteiger partial charge in [0.05, 0.1) is 0 Å². The highest BCUT2D eigenvalue weighted by Crippen LogP contribution is 2.18. The molecule has 2 aromatic rings. The first-order chi connectivity index (χ1) is 7.81. The number of nitrogens with two attached hydrogens (primary N) is 1. The van der Waals surface area contributed by atoms with Gasteiger partial charge in [-0.2, -0.15) is 0 Å². The number of benzene rings is 1. The summed E-state index contributed by atoms with van der Waals surface area (Å²) in [4.78, 5) is 0. The van der Waals surface area contributed by atoms with E-state index in [-0.39, 0.29) is 0 Å². The van der Waals surface area contributed by atoms with E-state index in [0.717, 1.165) is 17.4 Å². The molecular formula is C13H15BrN2. The van der Waals surface area contributed by atoms with Crippen molar-refractivity contribution in [2.75, 3.05) is 6.54 Å². The fourth-order valence-corrected chi connectivity index (χ4v) is 2.20. The van der Waals surface area contributed by atoms with Crippen LogP contribution in [0, 0.1) is 0 Å². The Morgan fingerprint density at radius 2 is 1.94 bits per heavy atom. The van der Waals surface area contributed by atoms with Crippen LogP contribution in [0.25, 0.3) is 0 Å². The molecule has 0 fully saturated rings. The second kappa shape index (κ2) is 5.32. The van der Waals surface area contributed by atoms with Crippen molar-refractivity contribution in [3.8, 4) is 0 Å². The predicted molar refractivity (Wildman–Crippen MR) is 70.4 cm³/mol. The highest BCUT2D eigenvalue weighted by molar-refractivity contribution is 9.10. The minimum absolute atomic E-state index is 0.694. The molecule has 0 aliphatic carbocycles. The number of halogens is 1. The van der Waals surface area contributed by atoms with E-state index in [4.69, 9.17) is 5.73 Å². The Morgan fingerprint density at radius 3 is 2.69 bits per heavy atom. The summed E-state index contributed by atoms with van der Waals surface area (Å²) in [5, 5.41) is 0. The highest BCUT2D eigenvalue weighted by Gasteiger charge is 2.03. The van der Waals surface area contributed by atoms with E-state index in [1.54, 1.807) is 0 Å². The number of hydrogen-bond donors (Lipinski definition) is 1. The Balaban J connectivity index is 2.20. The van der Waals surface area contributed by atoms with Gasteiger partial charge in [-0.1, -0.05) is 34.1 Å². The van der Waals surface area contributed by atoms with E-state index in [0.29, 0.717) is 6.54 Å². The third kappa shape index (κ3) is 2.54. The first-order valence-electron chi connectivity index (χ1n) is 5.39. The quantitative estimate of drug-likeness (QED) is 0.916. The zero-order valence-corrected chi connectivity index (χ0v) is 10.7. The van der Waals surface area contributed by atoms with Crippen molar-refractivity contribution in [1.29, 1.82) is 0 Å². The van der Waals surface area contributed by atoms with Crippen molar-refractivity contribution >= 4 is 15.9 Å². The molecule has 84 valence electrons. The first-order valence-corrected chi connectivity index (χ1v) is 6.18. The fourth-order valence-electron chi connectivity index (χ4n) is 1.79. The van der Waals surface area contributed by atoms with Crippen LogP contribution < -0.4 is 5.73 Å². The van der Waals surface area contributed by atoms with Crippen LogP contribution in [0.3, 0.4) is 0 Å². The van der Waals surface area contributed by atoms with Gasteiger partial charge in [0.25, 0.3) is 0 Å². The van der Waals surface area contributed by atoms with Gasteiger partial charge in [0.2, 0.25) is 0 Å². The Morgan fingerprint density at radius 1 is 1.12 bits per heavy atom. The molecule has 0 spiro atoms. The summed E-state index contributed by atoms with van der Waals surface area (Å²) >= 11 is 3.57. The fraction of sp³-hybridized carbons (Fsp3) is 0.231. The van der Waals surface area contributed by atoms with Gasteiger partial charge in [0.15, 0.2) is 0 Å². The minimum atomic E-state index is 0.694. The van der Waals surface area contributed by atoms with Crippen LogP contribution in [-0.2, 0) is 13.0 Å². The number of nitrogens with zero attached hydrogens (tertiary/aromatic N) is 1. The Kier molecular flexibility index (Phi) is 3.80. The van der Waals surface area contributed by atoms with Crippen molar-refractivity contribution in [3.63, 3.8) is 0 Å². The molecule has 0 unspecified atom stereocenters. The van der Waals surface area contributed by atoms with Crippen molar-refractivity contribution in [2.24, 2.45) is 5.73 Å². The van der Waals surface area contributed by atoms with E-state index in [1.807, 2.05) is 6.07 Å². The van der Waals surface area contributed by atoms with Gasteiger partial charge in [-0.15, -0.1) is 0 Å². The maximum absolute atomic E-state index is 5.59. The average Bonchev–Trinajstić information content (AvgIpc) is 2.70. The maximum atomic E-state index is 5.59. The van der Waals surface area contributed by atoms with Crippen molar-refractivity contribution in [3.05, 3.63) is 58.3 Å². The van der Waals surface area contributed by atoms with Crippen LogP contribution in [0.4, 0.5) is 0 Å². The molecule has 0 aliphatic heterocycles. The average molecular weight is 279 g/mol. The maximum Gasteiger partial charge on any atom is 0.0484 e. The van der Waals surface area contributed by atoms with Gasteiger partial charge in [0.1, 0.15) is 0 Å². The van der Waals surface area contributed by atoms with Gasteiger partial charge in [-0.3, -0.25) is 0 Å². The summed E-state index contributed by atoms with van der Waals surface area (Å²) in [6.07, 6.45) is 3.03. The van der Waals surface area contributed by atoms with Crippen molar-refractivity contribution in [2.45, 2.75) is 13.0 Å². The zero-order valence-electron chi connectivity index (χ0n) is 9.07. The molecule has 0 bridgehead atoms. The molecular weight excluding hydrogens is 264 g/mol. The topological polar surface area (TPSA) is 30.9 Å². The van der Waals surface area contributed by atoms with Crippen LogP contribution in [0.5, 0.6) is 0 Å². The lowest BCUT2D eigenvalue weighted by Crippen LogP contribution is -2.09. The summed E-state index contributed by atoms with van der Waals surface area (Å²) in [6.45, 7) is 1.59. The largest absolute Gasteiger partial charge is 0.347 e. The second-order valence-corrected chi connectivity index (χ2v) is 4.61. The molecule has 0 saturated heterocycles. The number of aromatic nitrogens is 1. The monoisotopic (exact) mass is 278 g/mol. The summed E-state index contributed by atoms with van der Waals surface area (Å²) < 4.78 is 3.40. The van der Waals surface area contributed by atoms with E-state index >= 15 is 0 Å². The van der Waals surface area contributed by atoms with Gasteiger partial charge >= 0.3 is 0 Å². The van der Waals surface area contributed by atoms with Crippen LogP contribution in [0.15, 0.2) is 47.1 Å². The number of hydrogen-bond acceptors (Lipinski definition) is 1. The standard InChI is InChI=1S/C13H15BrN2/c14-13-6-2-1-4-11(13)10-16-9-3-5-12(16)7-8-15/h1-6,9H,7-8,10,15H2. The normalized spacial score (nSPS) is 10.6. The lowest BCUT2D eigenvalue weighted by molar-refractivity contribution is 0.734. The SMILES string of the molecule is NCCc1cccn1Cc1ccccc1Br. The molecule has 2 N–H and O–H groups in total. The zero-order chi connectivity index (χ0) is 11.4. The third-order valence-corrected chi connectivity index (χ3v) is 3.40. The Labute approximate surface area is 104 Å². The summed E-state index contributed by atoms with van der Waals surface area (Å²) in [6, 6.07) is 12.5. The molecule has 0 saturated carbocycles. The van der Waals surface area contributed by atoms with Gasteiger partial charge < -0.3 is 10.3 Å². The molecule has 0 radical (unpaired) electrons. The summed E-state index contributed by atoms with van der Waals surface area (Å²) in [7, 11) is 0. The minimum Gasteiger partial charge on any atom is -0.347 e. The summed E-state index contributed by atoms with van der Waals surface area (Å²) in [5.74, 6) is 0. The lowest BCUT2D eigenvalue weighted by atomic mass is 10.2. The van der Waals surface area contributed by atoms with Crippen LogP contribution >= 0.6 is 15.9 Å². The molecule has 2 rings (SSSR count). The Bertz CT molecular complexity index is 462. The molecule has 0 amide bonds. The molecule has 16 heavy (non-hydrogen) atoms. The Hall–Kier alpha value is -1.06. The molecule has 1 heterocycles. The second-order valence-electron chi connectivity index (χ2n) is 3.76. The molecule has 1 aromatic heterocycles. The third-order valence-electron chi connectivity index (χ3n) is 2.62. The van der Waals surface area contributed by atoms with Crippen LogP contribution in [0.1, 0.15) is 11.3 Å². The molecule has 0 aliphatic rings. The van der Waals surface area contributed by atoms with Crippen molar-refractivity contribution < 1.29 is 0 Å². The van der Waals surface area contributed by atoms with Gasteiger partial charge in [-0.05, 0) is 36.7 Å². The van der Waals surface area contributed by atoms with E-state index in [1.165, 1.54) is 11.3 Å². The van der Waals surface area contributed by atoms with E-state index in [2.05, 4.69) is 57.0 Å². The van der Waals surface area contributed by atoms with Crippen LogP contribution in [0.2, 0.25) is 0 Å². The van der Waals surface area contributed by atoms with Gasteiger partial charge in [-0.25, -0.2) is 0 Å². The predicted octanol–water partition coefficient (Wildman–Crippen LogP) is 2.80. The van der Waals surface area contributed by atoms with Crippen LogP contribution in [-0.4, -0.2) is 11.1 Å². The van der Waals surface area contributed by atoms with Gasteiger partial charge in [0, 0.05) is 22.9 Å².